The van der Waals surface area contributed by atoms with Crippen molar-refractivity contribution < 1.29 is 4.74 Å². The molecule has 0 spiro atoms. The highest BCUT2D eigenvalue weighted by molar-refractivity contribution is 5.28. The number of ether oxygens (including phenoxy) is 1. The highest BCUT2D eigenvalue weighted by Crippen LogP contribution is 2.28. The van der Waals surface area contributed by atoms with Crippen LogP contribution in [0.25, 0.3) is 0 Å². The predicted molar refractivity (Wildman–Crippen MR) is 61.8 cm³/mol. The zero-order valence-electron chi connectivity index (χ0n) is 9.28. The molecule has 1 aromatic carbocycles. The van der Waals surface area contributed by atoms with E-state index in [0.29, 0.717) is 5.92 Å². The topological polar surface area (TPSA) is 35.2 Å². The molecule has 2 rings (SSSR count). The first-order chi connectivity index (χ1) is 7.27. The fourth-order valence-electron chi connectivity index (χ4n) is 2.13. The van der Waals surface area contributed by atoms with E-state index in [9.17, 15) is 0 Å². The number of benzene rings is 1. The Morgan fingerprint density at radius 1 is 1.33 bits per heavy atom. The summed E-state index contributed by atoms with van der Waals surface area (Å²) in [6.45, 7) is 3.82. The highest BCUT2D eigenvalue weighted by Gasteiger charge is 2.16. The monoisotopic (exact) mass is 205 g/mol. The van der Waals surface area contributed by atoms with E-state index in [0.717, 1.165) is 26.1 Å². The van der Waals surface area contributed by atoms with E-state index in [1.807, 2.05) is 6.92 Å². The van der Waals surface area contributed by atoms with E-state index in [1.54, 1.807) is 0 Å². The number of nitrogens with two attached hydrogens (primary N) is 1. The third-order valence-corrected chi connectivity index (χ3v) is 3.13. The first-order valence-electron chi connectivity index (χ1n) is 5.70. The van der Waals surface area contributed by atoms with Gasteiger partial charge in [0.25, 0.3) is 0 Å². The minimum absolute atomic E-state index is 0.129. The predicted octanol–water partition coefficient (Wildman–Crippen LogP) is 2.60. The summed E-state index contributed by atoms with van der Waals surface area (Å²) in [7, 11) is 0. The third-order valence-electron chi connectivity index (χ3n) is 3.13. The second-order valence-electron chi connectivity index (χ2n) is 4.35. The van der Waals surface area contributed by atoms with Gasteiger partial charge in [0.05, 0.1) is 0 Å². The molecule has 1 aliphatic heterocycles. The van der Waals surface area contributed by atoms with Gasteiger partial charge in [0.1, 0.15) is 0 Å². The smallest absolute Gasteiger partial charge is 0.0471 e. The normalized spacial score (nSPS) is 20.1. The van der Waals surface area contributed by atoms with Crippen molar-refractivity contribution in [3.05, 3.63) is 35.4 Å². The fourth-order valence-corrected chi connectivity index (χ4v) is 2.13. The maximum Gasteiger partial charge on any atom is 0.0471 e. The lowest BCUT2D eigenvalue weighted by Crippen LogP contribution is -2.14. The van der Waals surface area contributed by atoms with Gasteiger partial charge in [0.15, 0.2) is 0 Å². The third kappa shape index (κ3) is 2.58. The molecule has 1 aromatic rings. The van der Waals surface area contributed by atoms with Crippen molar-refractivity contribution in [2.24, 2.45) is 5.73 Å². The molecule has 0 radical (unpaired) electrons. The van der Waals surface area contributed by atoms with E-state index in [2.05, 4.69) is 24.3 Å². The van der Waals surface area contributed by atoms with Crippen LogP contribution in [0.4, 0.5) is 0 Å². The van der Waals surface area contributed by atoms with Crippen molar-refractivity contribution in [3.63, 3.8) is 0 Å². The molecule has 1 saturated heterocycles. The van der Waals surface area contributed by atoms with Crippen LogP contribution in [0.1, 0.15) is 42.9 Å². The van der Waals surface area contributed by atoms with Crippen LogP contribution in [0, 0.1) is 0 Å². The molecule has 0 aliphatic carbocycles. The number of rotatable bonds is 2. The SMILES string of the molecule is CC(N)c1cccc(C2CCOCC2)c1. The molecule has 1 atom stereocenters. The second-order valence-corrected chi connectivity index (χ2v) is 4.35. The van der Waals surface area contributed by atoms with E-state index in [4.69, 9.17) is 10.5 Å². The molecule has 2 N–H and O–H groups in total. The molecular weight excluding hydrogens is 186 g/mol. The van der Waals surface area contributed by atoms with Crippen LogP contribution < -0.4 is 5.73 Å². The zero-order chi connectivity index (χ0) is 10.7. The van der Waals surface area contributed by atoms with Crippen LogP contribution in [0.15, 0.2) is 24.3 Å². The van der Waals surface area contributed by atoms with Gasteiger partial charge in [-0.15, -0.1) is 0 Å². The molecule has 0 bridgehead atoms. The number of hydrogen-bond donors (Lipinski definition) is 1. The van der Waals surface area contributed by atoms with Gasteiger partial charge in [-0.05, 0) is 36.8 Å². The first kappa shape index (κ1) is 10.7. The van der Waals surface area contributed by atoms with Crippen LogP contribution >= 0.6 is 0 Å². The lowest BCUT2D eigenvalue weighted by Gasteiger charge is -2.23. The summed E-state index contributed by atoms with van der Waals surface area (Å²) in [5, 5.41) is 0. The van der Waals surface area contributed by atoms with Crippen molar-refractivity contribution in [1.82, 2.24) is 0 Å². The van der Waals surface area contributed by atoms with Crippen LogP contribution in [-0.4, -0.2) is 13.2 Å². The van der Waals surface area contributed by atoms with Gasteiger partial charge in [0, 0.05) is 19.3 Å². The van der Waals surface area contributed by atoms with Crippen LogP contribution in [0.2, 0.25) is 0 Å². The minimum atomic E-state index is 0.129. The summed E-state index contributed by atoms with van der Waals surface area (Å²) in [6, 6.07) is 8.81. The Kier molecular flexibility index (Phi) is 3.39. The molecule has 1 fully saturated rings. The van der Waals surface area contributed by atoms with Gasteiger partial charge in [-0.25, -0.2) is 0 Å². The van der Waals surface area contributed by atoms with E-state index >= 15 is 0 Å². The van der Waals surface area contributed by atoms with Gasteiger partial charge < -0.3 is 10.5 Å². The average Bonchev–Trinajstić information content (AvgIpc) is 2.30. The Morgan fingerprint density at radius 2 is 2.07 bits per heavy atom. The Morgan fingerprint density at radius 3 is 2.73 bits per heavy atom. The Bertz CT molecular complexity index is 316. The van der Waals surface area contributed by atoms with Gasteiger partial charge >= 0.3 is 0 Å². The Hall–Kier alpha value is -0.860. The molecule has 1 heterocycles. The minimum Gasteiger partial charge on any atom is -0.381 e. The molecule has 1 unspecified atom stereocenters. The molecule has 82 valence electrons. The number of hydrogen-bond acceptors (Lipinski definition) is 2. The van der Waals surface area contributed by atoms with E-state index in [1.165, 1.54) is 11.1 Å². The zero-order valence-corrected chi connectivity index (χ0v) is 9.28. The van der Waals surface area contributed by atoms with Crippen molar-refractivity contribution >= 4 is 0 Å². The lowest BCUT2D eigenvalue weighted by atomic mass is 9.90. The van der Waals surface area contributed by atoms with Gasteiger partial charge in [0.2, 0.25) is 0 Å². The van der Waals surface area contributed by atoms with E-state index in [-0.39, 0.29) is 6.04 Å². The van der Waals surface area contributed by atoms with Crippen molar-refractivity contribution in [2.75, 3.05) is 13.2 Å². The molecule has 2 heteroatoms. The van der Waals surface area contributed by atoms with Crippen LogP contribution in [0.3, 0.4) is 0 Å². The maximum absolute atomic E-state index is 5.89. The van der Waals surface area contributed by atoms with Gasteiger partial charge in [-0.3, -0.25) is 0 Å². The van der Waals surface area contributed by atoms with Crippen LogP contribution in [-0.2, 0) is 4.74 Å². The highest BCUT2D eigenvalue weighted by atomic mass is 16.5. The molecule has 0 saturated carbocycles. The summed E-state index contributed by atoms with van der Waals surface area (Å²) < 4.78 is 5.37. The molecule has 1 aliphatic rings. The van der Waals surface area contributed by atoms with Crippen molar-refractivity contribution in [2.45, 2.75) is 31.7 Å². The molecule has 15 heavy (non-hydrogen) atoms. The van der Waals surface area contributed by atoms with Gasteiger partial charge in [-0.1, -0.05) is 24.3 Å². The van der Waals surface area contributed by atoms with Crippen molar-refractivity contribution in [3.8, 4) is 0 Å². The maximum atomic E-state index is 5.89. The standard InChI is InChI=1S/C13H19NO/c1-10(14)12-3-2-4-13(9-12)11-5-7-15-8-6-11/h2-4,9-11H,5-8,14H2,1H3. The molecule has 2 nitrogen and oxygen atoms in total. The molecule has 0 aromatic heterocycles. The summed E-state index contributed by atoms with van der Waals surface area (Å²) in [6.07, 6.45) is 2.28. The molecule has 0 amide bonds. The first-order valence-corrected chi connectivity index (χ1v) is 5.70. The summed E-state index contributed by atoms with van der Waals surface area (Å²) >= 11 is 0. The average molecular weight is 205 g/mol. The van der Waals surface area contributed by atoms with Crippen LogP contribution in [0.5, 0.6) is 0 Å². The quantitative estimate of drug-likeness (QED) is 0.805. The van der Waals surface area contributed by atoms with E-state index < -0.39 is 0 Å². The lowest BCUT2D eigenvalue weighted by molar-refractivity contribution is 0.0853. The Labute approximate surface area is 91.4 Å². The molecular formula is C13H19NO. The largest absolute Gasteiger partial charge is 0.381 e. The Balaban J connectivity index is 2.16. The summed E-state index contributed by atoms with van der Waals surface area (Å²) in [5.41, 5.74) is 8.55. The van der Waals surface area contributed by atoms with Crippen molar-refractivity contribution in [1.29, 1.82) is 0 Å². The van der Waals surface area contributed by atoms with Gasteiger partial charge in [-0.2, -0.15) is 0 Å². The summed E-state index contributed by atoms with van der Waals surface area (Å²) in [5.74, 6) is 0.664. The fraction of sp³-hybridized carbons (Fsp3) is 0.538. The second kappa shape index (κ2) is 4.77. The summed E-state index contributed by atoms with van der Waals surface area (Å²) in [4.78, 5) is 0.